The molecule has 0 aliphatic heterocycles. The molecule has 0 aromatic heterocycles. The fraction of sp³-hybridized carbons (Fsp3) is 0.333. The van der Waals surface area contributed by atoms with Crippen LogP contribution in [0.4, 0.5) is 0 Å². The Kier molecular flexibility index (Phi) is 2.59. The molecule has 40 valence electrons. The highest BCUT2D eigenvalue weighted by Gasteiger charge is 2.06. The van der Waals surface area contributed by atoms with E-state index in [4.69, 9.17) is 5.11 Å². The van der Waals surface area contributed by atoms with Crippen LogP contribution in [0.25, 0.3) is 0 Å². The molecule has 0 amide bonds. The maximum absolute atomic E-state index is 9.87. The maximum Gasteiger partial charge on any atom is 0.373 e. The third-order valence-corrected chi connectivity index (χ3v) is 0.869. The second kappa shape index (κ2) is 2.74. The summed E-state index contributed by atoms with van der Waals surface area (Å²) in [6.45, 7) is 0. The number of carboxylic acid groups (broad SMARTS) is 1. The molecule has 0 fully saturated rings. The van der Waals surface area contributed by atoms with Crippen LogP contribution >= 0.6 is 15.9 Å². The van der Waals surface area contributed by atoms with Gasteiger partial charge in [0.1, 0.15) is 0 Å². The molecule has 0 saturated heterocycles. The third-order valence-electron chi connectivity index (χ3n) is 0.360. The molecule has 0 bridgehead atoms. The predicted octanol–water partition coefficient (Wildman–Crippen LogP) is 0.0350. The van der Waals surface area contributed by atoms with Crippen molar-refractivity contribution in [3.63, 3.8) is 0 Å². The number of aliphatic carboxylic acids is 1. The molecular formula is C3H3BrO3. The van der Waals surface area contributed by atoms with Crippen molar-refractivity contribution in [3.8, 4) is 0 Å². The normalized spacial score (nSPS) is 8.14. The second-order valence-electron chi connectivity index (χ2n) is 0.862. The molecule has 0 radical (unpaired) electrons. The Morgan fingerprint density at radius 2 is 2.00 bits per heavy atom. The summed E-state index contributed by atoms with van der Waals surface area (Å²) in [7, 11) is 0. The van der Waals surface area contributed by atoms with Gasteiger partial charge in [0.05, 0.1) is 5.33 Å². The average molecular weight is 168 g/mol. The van der Waals surface area contributed by atoms with Gasteiger partial charge in [0.25, 0.3) is 0 Å². The highest BCUT2D eigenvalue weighted by atomic mass is 79.9. The summed E-state index contributed by atoms with van der Waals surface area (Å²) in [5, 5.41) is 7.69. The number of ketones is 1. The summed E-state index contributed by atoms with van der Waals surface area (Å²) in [6.07, 6.45) is 0. The van der Waals surface area contributed by atoms with Gasteiger partial charge in [-0.25, -0.2) is 4.79 Å². The van der Waals surface area contributed by atoms with Gasteiger partial charge < -0.3 is 5.11 Å². The molecule has 0 atom stereocenters. The average Bonchev–Trinajstić information content (AvgIpc) is 1.65. The van der Waals surface area contributed by atoms with E-state index in [0.717, 1.165) is 0 Å². The van der Waals surface area contributed by atoms with Crippen molar-refractivity contribution in [1.29, 1.82) is 0 Å². The molecule has 0 spiro atoms. The first kappa shape index (κ1) is 6.62. The van der Waals surface area contributed by atoms with E-state index in [-0.39, 0.29) is 5.33 Å². The van der Waals surface area contributed by atoms with Gasteiger partial charge in [-0.2, -0.15) is 0 Å². The summed E-state index contributed by atoms with van der Waals surface area (Å²) in [5.41, 5.74) is 0. The number of hydrogen-bond donors (Lipinski definition) is 1. The standard InChI is InChI=1S/C3H3BrO3/c4-1-2(5)3(6)7/h1H2,(H,6,7)/i1+1. The third kappa shape index (κ3) is 2.33. The zero-order valence-electron chi connectivity index (χ0n) is 3.35. The molecule has 0 saturated carbocycles. The minimum absolute atomic E-state index is 0.109. The monoisotopic (exact) mass is 167 g/mol. The predicted molar refractivity (Wildman–Crippen MR) is 26.4 cm³/mol. The van der Waals surface area contributed by atoms with Crippen molar-refractivity contribution in [1.82, 2.24) is 0 Å². The smallest absolute Gasteiger partial charge is 0.373 e. The number of carbonyl (C=O) groups is 2. The van der Waals surface area contributed by atoms with Crippen LogP contribution in [-0.2, 0) is 9.59 Å². The van der Waals surface area contributed by atoms with E-state index >= 15 is 0 Å². The van der Waals surface area contributed by atoms with Crippen molar-refractivity contribution in [3.05, 3.63) is 0 Å². The maximum atomic E-state index is 9.87. The topological polar surface area (TPSA) is 54.4 Å². The molecule has 1 N–H and O–H groups in total. The van der Waals surface area contributed by atoms with Crippen LogP contribution in [0.5, 0.6) is 0 Å². The lowest BCUT2D eigenvalue weighted by molar-refractivity contribution is -0.147. The number of halogens is 1. The van der Waals surface area contributed by atoms with E-state index < -0.39 is 11.8 Å². The van der Waals surface area contributed by atoms with Crippen molar-refractivity contribution >= 4 is 27.7 Å². The zero-order valence-corrected chi connectivity index (χ0v) is 4.93. The van der Waals surface area contributed by atoms with Crippen LogP contribution in [-0.4, -0.2) is 22.2 Å². The minimum Gasteiger partial charge on any atom is -0.475 e. The number of alkyl halides is 1. The lowest BCUT2D eigenvalue weighted by atomic mass is 10.6. The van der Waals surface area contributed by atoms with Crippen LogP contribution in [0.1, 0.15) is 0 Å². The fourth-order valence-corrected chi connectivity index (χ4v) is 0.297. The van der Waals surface area contributed by atoms with Crippen molar-refractivity contribution in [2.24, 2.45) is 0 Å². The molecule has 0 rings (SSSR count). The van der Waals surface area contributed by atoms with Gasteiger partial charge in [-0.3, -0.25) is 4.79 Å². The summed E-state index contributed by atoms with van der Waals surface area (Å²) >= 11 is 2.68. The van der Waals surface area contributed by atoms with Gasteiger partial charge in [0.15, 0.2) is 0 Å². The fourth-order valence-electron chi connectivity index (χ4n) is 0.0572. The van der Waals surface area contributed by atoms with Gasteiger partial charge in [-0.15, -0.1) is 0 Å². The molecule has 4 heteroatoms. The molecule has 0 aliphatic carbocycles. The van der Waals surface area contributed by atoms with Gasteiger partial charge in [-0.1, -0.05) is 15.9 Å². The van der Waals surface area contributed by atoms with E-state index in [0.29, 0.717) is 0 Å². The lowest BCUT2D eigenvalue weighted by Gasteiger charge is -1.79. The Morgan fingerprint density at radius 3 is 2.00 bits per heavy atom. The first-order chi connectivity index (χ1) is 3.18. The first-order valence-electron chi connectivity index (χ1n) is 1.50. The zero-order chi connectivity index (χ0) is 5.86. The Bertz CT molecular complexity index is 98.4. The van der Waals surface area contributed by atoms with Crippen LogP contribution < -0.4 is 0 Å². The van der Waals surface area contributed by atoms with Crippen LogP contribution in [0.15, 0.2) is 0 Å². The highest BCUT2D eigenvalue weighted by Crippen LogP contribution is 1.80. The van der Waals surface area contributed by atoms with Crippen molar-refractivity contribution < 1.29 is 14.7 Å². The van der Waals surface area contributed by atoms with Crippen LogP contribution in [0.2, 0.25) is 0 Å². The largest absolute Gasteiger partial charge is 0.475 e. The Morgan fingerprint density at radius 1 is 1.57 bits per heavy atom. The molecule has 0 aromatic rings. The highest BCUT2D eigenvalue weighted by molar-refractivity contribution is 9.09. The van der Waals surface area contributed by atoms with E-state index in [1.807, 2.05) is 0 Å². The van der Waals surface area contributed by atoms with Crippen LogP contribution in [0, 0.1) is 0 Å². The number of Topliss-reactive ketones (excluding diaryl/α,β-unsaturated/α-hetero) is 1. The van der Waals surface area contributed by atoms with E-state index in [1.54, 1.807) is 0 Å². The first-order valence-corrected chi connectivity index (χ1v) is 2.62. The number of rotatable bonds is 2. The van der Waals surface area contributed by atoms with E-state index in [9.17, 15) is 9.59 Å². The lowest BCUT2D eigenvalue weighted by Crippen LogP contribution is -2.12. The molecule has 0 aromatic carbocycles. The Balaban J connectivity index is 3.58. The molecule has 0 heterocycles. The molecule has 0 aliphatic rings. The molecular weight excluding hydrogens is 165 g/mol. The molecule has 0 unspecified atom stereocenters. The Labute approximate surface area is 48.5 Å². The van der Waals surface area contributed by atoms with Gasteiger partial charge in [-0.05, 0) is 0 Å². The molecule has 7 heavy (non-hydrogen) atoms. The number of carboxylic acids is 1. The van der Waals surface area contributed by atoms with Crippen LogP contribution in [0.3, 0.4) is 0 Å². The summed E-state index contributed by atoms with van der Waals surface area (Å²) in [6, 6.07) is 0. The molecule has 3 nitrogen and oxygen atoms in total. The number of carbonyl (C=O) groups excluding carboxylic acids is 1. The number of hydrogen-bond acceptors (Lipinski definition) is 2. The summed E-state index contributed by atoms with van der Waals surface area (Å²) in [5.74, 6) is -2.21. The van der Waals surface area contributed by atoms with E-state index in [2.05, 4.69) is 15.9 Å². The van der Waals surface area contributed by atoms with E-state index in [1.165, 1.54) is 0 Å². The van der Waals surface area contributed by atoms with Gasteiger partial charge in [0.2, 0.25) is 5.78 Å². The van der Waals surface area contributed by atoms with Gasteiger partial charge in [0, 0.05) is 0 Å². The van der Waals surface area contributed by atoms with Crippen molar-refractivity contribution in [2.75, 3.05) is 5.33 Å². The SMILES string of the molecule is O=C(O)C(=O)[13CH2]Br. The second-order valence-corrected chi connectivity index (χ2v) is 1.42. The minimum atomic E-state index is -1.39. The quantitative estimate of drug-likeness (QED) is 0.359. The van der Waals surface area contributed by atoms with Crippen molar-refractivity contribution in [2.45, 2.75) is 0 Å². The summed E-state index contributed by atoms with van der Waals surface area (Å²) in [4.78, 5) is 19.4. The Hall–Kier alpha value is -0.380. The summed E-state index contributed by atoms with van der Waals surface area (Å²) < 4.78 is 0. The van der Waals surface area contributed by atoms with Gasteiger partial charge >= 0.3 is 5.97 Å².